The first kappa shape index (κ1) is 21.8. The summed E-state index contributed by atoms with van der Waals surface area (Å²) in [7, 11) is 1.47. The lowest BCUT2D eigenvalue weighted by Crippen LogP contribution is -2.29. The molecule has 2 aromatic carbocycles. The third-order valence-electron chi connectivity index (χ3n) is 5.99. The van der Waals surface area contributed by atoms with Gasteiger partial charge in [0, 0.05) is 35.1 Å². The van der Waals surface area contributed by atoms with Crippen LogP contribution in [0.5, 0.6) is 17.2 Å². The van der Waals surface area contributed by atoms with Crippen LogP contribution in [0.1, 0.15) is 38.8 Å². The van der Waals surface area contributed by atoms with Gasteiger partial charge in [-0.1, -0.05) is 23.7 Å². The number of ether oxygens (including phenoxy) is 1. The number of amides is 1. The Hall–Kier alpha value is -4.04. The van der Waals surface area contributed by atoms with E-state index in [9.17, 15) is 15.0 Å². The number of aromatic nitrogens is 3. The van der Waals surface area contributed by atoms with Crippen LogP contribution in [0.2, 0.25) is 5.02 Å². The van der Waals surface area contributed by atoms with Gasteiger partial charge >= 0.3 is 0 Å². The van der Waals surface area contributed by atoms with Crippen LogP contribution in [0.4, 0.5) is 0 Å². The van der Waals surface area contributed by atoms with E-state index in [4.69, 9.17) is 16.3 Å². The predicted molar refractivity (Wildman–Crippen MR) is 126 cm³/mol. The van der Waals surface area contributed by atoms with E-state index in [0.717, 1.165) is 11.1 Å². The van der Waals surface area contributed by atoms with Crippen molar-refractivity contribution in [3.63, 3.8) is 0 Å². The highest BCUT2D eigenvalue weighted by atomic mass is 35.5. The second-order valence-electron chi connectivity index (χ2n) is 8.11. The number of halogens is 1. The molecule has 1 amide bonds. The Morgan fingerprint density at radius 1 is 1.18 bits per heavy atom. The van der Waals surface area contributed by atoms with Crippen molar-refractivity contribution in [2.75, 3.05) is 7.11 Å². The molecule has 1 atom stereocenters. The number of hydrogen-bond donors (Lipinski definition) is 3. The molecule has 0 fully saturated rings. The maximum absolute atomic E-state index is 13.5. The van der Waals surface area contributed by atoms with Crippen LogP contribution in [0, 0.1) is 6.92 Å². The smallest absolute Gasteiger partial charge is 0.273 e. The SMILES string of the molecule is COc1cc([C@H]2c3c(-c4cc(Cl)c(C)cc4O)n[nH]c3C(=O)N2Cc2cccnc2)ccc1O. The molecule has 0 spiro atoms. The average molecular weight is 477 g/mol. The molecule has 1 aliphatic rings. The van der Waals surface area contributed by atoms with Crippen molar-refractivity contribution >= 4 is 17.5 Å². The van der Waals surface area contributed by atoms with Crippen molar-refractivity contribution in [3.8, 4) is 28.5 Å². The number of phenolic OH excluding ortho intramolecular Hbond substituents is 2. The zero-order chi connectivity index (χ0) is 24.0. The number of phenols is 2. The summed E-state index contributed by atoms with van der Waals surface area (Å²) >= 11 is 6.35. The van der Waals surface area contributed by atoms with E-state index in [1.807, 2.05) is 12.1 Å². The number of nitrogens with zero attached hydrogens (tertiary/aromatic N) is 3. The Labute approximate surface area is 200 Å². The monoisotopic (exact) mass is 476 g/mol. The van der Waals surface area contributed by atoms with Gasteiger partial charge in [0.25, 0.3) is 5.91 Å². The van der Waals surface area contributed by atoms with Crippen LogP contribution in [0.15, 0.2) is 54.9 Å². The Balaban J connectivity index is 1.70. The first-order valence-electron chi connectivity index (χ1n) is 10.5. The second kappa shape index (κ2) is 8.39. The minimum Gasteiger partial charge on any atom is -0.507 e. The standard InChI is InChI=1S/C25H21ClN4O4/c1-13-8-19(32)16(10-17(13)26)22-21-23(29-28-22)25(33)30(12-14-4-3-7-27-11-14)24(21)15-5-6-18(31)20(9-15)34-2/h3-11,24,31-32H,12H2,1-2H3,(H,28,29)/t24-/m0/s1. The van der Waals surface area contributed by atoms with Crippen LogP contribution < -0.4 is 4.74 Å². The van der Waals surface area contributed by atoms with E-state index in [0.29, 0.717) is 39.6 Å². The lowest BCUT2D eigenvalue weighted by molar-refractivity contribution is 0.0729. The Kier molecular flexibility index (Phi) is 5.37. The van der Waals surface area contributed by atoms with Gasteiger partial charge in [-0.25, -0.2) is 0 Å². The zero-order valence-electron chi connectivity index (χ0n) is 18.4. The van der Waals surface area contributed by atoms with Gasteiger partial charge in [-0.05, 0) is 53.9 Å². The van der Waals surface area contributed by atoms with Crippen molar-refractivity contribution in [1.29, 1.82) is 0 Å². The number of benzene rings is 2. The van der Waals surface area contributed by atoms with E-state index in [1.165, 1.54) is 13.2 Å². The molecule has 3 N–H and O–H groups in total. The molecule has 9 heteroatoms. The molecule has 4 aromatic rings. The highest BCUT2D eigenvalue weighted by Crippen LogP contribution is 2.47. The summed E-state index contributed by atoms with van der Waals surface area (Å²) in [6, 6.07) is 11.3. The van der Waals surface area contributed by atoms with E-state index in [2.05, 4.69) is 15.2 Å². The number of hydrogen-bond acceptors (Lipinski definition) is 6. The lowest BCUT2D eigenvalue weighted by atomic mass is 9.95. The Bertz CT molecular complexity index is 1400. The first-order valence-corrected chi connectivity index (χ1v) is 10.9. The fourth-order valence-electron chi connectivity index (χ4n) is 4.32. The number of carbonyl (C=O) groups is 1. The van der Waals surface area contributed by atoms with Gasteiger partial charge in [0.15, 0.2) is 11.5 Å². The summed E-state index contributed by atoms with van der Waals surface area (Å²) in [5.41, 5.74) is 4.07. The zero-order valence-corrected chi connectivity index (χ0v) is 19.2. The molecule has 0 saturated heterocycles. The van der Waals surface area contributed by atoms with Crippen LogP contribution in [-0.4, -0.2) is 43.3 Å². The highest BCUT2D eigenvalue weighted by molar-refractivity contribution is 6.31. The van der Waals surface area contributed by atoms with E-state index >= 15 is 0 Å². The topological polar surface area (TPSA) is 112 Å². The third-order valence-corrected chi connectivity index (χ3v) is 6.40. The molecule has 1 aliphatic heterocycles. The molecule has 0 aliphatic carbocycles. The van der Waals surface area contributed by atoms with Gasteiger partial charge in [-0.15, -0.1) is 0 Å². The summed E-state index contributed by atoms with van der Waals surface area (Å²) in [6.45, 7) is 2.09. The maximum Gasteiger partial charge on any atom is 0.273 e. The van der Waals surface area contributed by atoms with E-state index in [1.54, 1.807) is 48.5 Å². The number of aromatic hydroxyl groups is 2. The summed E-state index contributed by atoms with van der Waals surface area (Å²) in [5, 5.41) is 28.5. The largest absolute Gasteiger partial charge is 0.507 e. The molecular weight excluding hydrogens is 456 g/mol. The molecule has 5 rings (SSSR count). The molecule has 34 heavy (non-hydrogen) atoms. The van der Waals surface area contributed by atoms with Gasteiger partial charge in [-0.3, -0.25) is 14.9 Å². The number of aryl methyl sites for hydroxylation is 1. The molecular formula is C25H21ClN4O4. The van der Waals surface area contributed by atoms with E-state index in [-0.39, 0.29) is 23.2 Å². The number of pyridine rings is 1. The number of nitrogens with one attached hydrogen (secondary N) is 1. The number of aromatic amines is 1. The normalized spacial score (nSPS) is 15.0. The molecule has 2 aromatic heterocycles. The number of rotatable bonds is 5. The quantitative estimate of drug-likeness (QED) is 0.388. The fourth-order valence-corrected chi connectivity index (χ4v) is 4.48. The first-order chi connectivity index (χ1) is 16.4. The second-order valence-corrected chi connectivity index (χ2v) is 8.51. The number of methoxy groups -OCH3 is 1. The maximum atomic E-state index is 13.5. The minimum atomic E-state index is -0.564. The molecule has 172 valence electrons. The summed E-state index contributed by atoms with van der Waals surface area (Å²) in [4.78, 5) is 19.4. The van der Waals surface area contributed by atoms with Gasteiger partial charge in [0.05, 0.1) is 13.2 Å². The molecule has 8 nitrogen and oxygen atoms in total. The highest BCUT2D eigenvalue weighted by Gasteiger charge is 2.42. The van der Waals surface area contributed by atoms with Crippen molar-refractivity contribution in [2.24, 2.45) is 0 Å². The summed E-state index contributed by atoms with van der Waals surface area (Å²) < 4.78 is 5.31. The Morgan fingerprint density at radius 3 is 2.74 bits per heavy atom. The number of carbonyl (C=O) groups excluding carboxylic acids is 1. The van der Waals surface area contributed by atoms with Crippen LogP contribution in [-0.2, 0) is 6.54 Å². The number of H-pyrrole nitrogens is 1. The molecule has 0 bridgehead atoms. The summed E-state index contributed by atoms with van der Waals surface area (Å²) in [5.74, 6) is 0.0414. The van der Waals surface area contributed by atoms with Crippen molar-refractivity contribution in [2.45, 2.75) is 19.5 Å². The van der Waals surface area contributed by atoms with Crippen molar-refractivity contribution in [3.05, 3.63) is 87.8 Å². The Morgan fingerprint density at radius 2 is 2.00 bits per heavy atom. The van der Waals surface area contributed by atoms with Gasteiger partial charge < -0.3 is 19.8 Å². The van der Waals surface area contributed by atoms with Gasteiger partial charge in [0.1, 0.15) is 17.1 Å². The molecule has 0 saturated carbocycles. The van der Waals surface area contributed by atoms with Crippen LogP contribution in [0.3, 0.4) is 0 Å². The van der Waals surface area contributed by atoms with Crippen molar-refractivity contribution < 1.29 is 19.7 Å². The van der Waals surface area contributed by atoms with Crippen LogP contribution in [0.25, 0.3) is 11.3 Å². The third kappa shape index (κ3) is 3.52. The molecule has 3 heterocycles. The summed E-state index contributed by atoms with van der Waals surface area (Å²) in [6.07, 6.45) is 3.38. The molecule has 0 radical (unpaired) electrons. The van der Waals surface area contributed by atoms with Gasteiger partial charge in [-0.2, -0.15) is 5.10 Å². The fraction of sp³-hybridized carbons (Fsp3) is 0.160. The predicted octanol–water partition coefficient (Wildman–Crippen LogP) is 4.60. The molecule has 0 unspecified atom stereocenters. The minimum absolute atomic E-state index is 0.00927. The average Bonchev–Trinajstić information content (AvgIpc) is 3.37. The van der Waals surface area contributed by atoms with Gasteiger partial charge in [0.2, 0.25) is 0 Å². The lowest BCUT2D eigenvalue weighted by Gasteiger charge is -2.27. The van der Waals surface area contributed by atoms with E-state index < -0.39 is 6.04 Å². The van der Waals surface area contributed by atoms with Crippen LogP contribution >= 0.6 is 11.6 Å². The number of fused-ring (bicyclic) bond motifs is 1. The van der Waals surface area contributed by atoms with Crippen molar-refractivity contribution in [1.82, 2.24) is 20.1 Å².